The van der Waals surface area contributed by atoms with Gasteiger partial charge >= 0.3 is 0 Å². The molecule has 1 aliphatic heterocycles. The fourth-order valence-electron chi connectivity index (χ4n) is 2.98. The van der Waals surface area contributed by atoms with E-state index in [1.54, 1.807) is 12.4 Å². The molecule has 3 aromatic rings. The first kappa shape index (κ1) is 14.1. The second kappa shape index (κ2) is 5.92. The Labute approximate surface area is 133 Å². The van der Waals surface area contributed by atoms with Crippen molar-refractivity contribution in [1.29, 1.82) is 0 Å². The molecule has 0 N–H and O–H groups in total. The summed E-state index contributed by atoms with van der Waals surface area (Å²) in [4.78, 5) is 6.36. The van der Waals surface area contributed by atoms with Gasteiger partial charge in [0.1, 0.15) is 0 Å². The SMILES string of the molecule is Cc1cc([C@@H]2CCCN2Cc2nnc(-c3cccnc3)o2)on1. The third-order valence-corrected chi connectivity index (χ3v) is 4.05. The van der Waals surface area contributed by atoms with Crippen molar-refractivity contribution >= 4 is 0 Å². The van der Waals surface area contributed by atoms with Crippen LogP contribution < -0.4 is 0 Å². The minimum Gasteiger partial charge on any atom is -0.419 e. The molecule has 0 aromatic carbocycles. The molecule has 1 fully saturated rings. The average molecular weight is 311 g/mol. The summed E-state index contributed by atoms with van der Waals surface area (Å²) in [5, 5.41) is 12.3. The fraction of sp³-hybridized carbons (Fsp3) is 0.375. The molecule has 0 saturated carbocycles. The Bertz CT molecular complexity index is 783. The van der Waals surface area contributed by atoms with E-state index in [9.17, 15) is 0 Å². The molecule has 0 radical (unpaired) electrons. The highest BCUT2D eigenvalue weighted by Crippen LogP contribution is 2.33. The fourth-order valence-corrected chi connectivity index (χ4v) is 2.98. The van der Waals surface area contributed by atoms with Crippen molar-refractivity contribution in [2.24, 2.45) is 0 Å². The van der Waals surface area contributed by atoms with Crippen LogP contribution in [0.5, 0.6) is 0 Å². The van der Waals surface area contributed by atoms with Crippen molar-refractivity contribution in [2.45, 2.75) is 32.4 Å². The Morgan fingerprint density at radius 1 is 1.35 bits per heavy atom. The van der Waals surface area contributed by atoms with E-state index in [0.29, 0.717) is 18.3 Å². The van der Waals surface area contributed by atoms with E-state index in [1.807, 2.05) is 25.1 Å². The molecule has 7 nitrogen and oxygen atoms in total. The van der Waals surface area contributed by atoms with Crippen LogP contribution in [-0.2, 0) is 6.54 Å². The van der Waals surface area contributed by atoms with Crippen LogP contribution in [-0.4, -0.2) is 31.8 Å². The van der Waals surface area contributed by atoms with Crippen LogP contribution in [0.25, 0.3) is 11.5 Å². The maximum absolute atomic E-state index is 5.77. The molecule has 0 aliphatic carbocycles. The number of hydrogen-bond acceptors (Lipinski definition) is 7. The molecule has 0 bridgehead atoms. The van der Waals surface area contributed by atoms with Crippen LogP contribution in [0.3, 0.4) is 0 Å². The van der Waals surface area contributed by atoms with E-state index in [1.165, 1.54) is 0 Å². The van der Waals surface area contributed by atoms with E-state index in [-0.39, 0.29) is 6.04 Å². The second-order valence-electron chi connectivity index (χ2n) is 5.74. The van der Waals surface area contributed by atoms with Crippen molar-refractivity contribution in [3.05, 3.63) is 47.9 Å². The number of nitrogens with zero attached hydrogens (tertiary/aromatic N) is 5. The van der Waals surface area contributed by atoms with Crippen LogP contribution in [0.2, 0.25) is 0 Å². The molecule has 118 valence electrons. The number of likely N-dealkylation sites (tertiary alicyclic amines) is 1. The van der Waals surface area contributed by atoms with Crippen molar-refractivity contribution in [3.63, 3.8) is 0 Å². The van der Waals surface area contributed by atoms with Crippen molar-refractivity contribution in [3.8, 4) is 11.5 Å². The van der Waals surface area contributed by atoms with Gasteiger partial charge in [0.25, 0.3) is 0 Å². The van der Waals surface area contributed by atoms with Crippen molar-refractivity contribution in [2.75, 3.05) is 6.54 Å². The minimum absolute atomic E-state index is 0.227. The molecule has 1 atom stereocenters. The van der Waals surface area contributed by atoms with Crippen LogP contribution in [0.15, 0.2) is 39.5 Å². The Balaban J connectivity index is 1.50. The van der Waals surface area contributed by atoms with Gasteiger partial charge in [-0.3, -0.25) is 9.88 Å². The summed E-state index contributed by atoms with van der Waals surface area (Å²) in [5.41, 5.74) is 1.73. The van der Waals surface area contributed by atoms with E-state index in [0.717, 1.165) is 36.4 Å². The Morgan fingerprint density at radius 2 is 2.30 bits per heavy atom. The third-order valence-electron chi connectivity index (χ3n) is 4.05. The van der Waals surface area contributed by atoms with E-state index in [2.05, 4.69) is 25.2 Å². The highest BCUT2D eigenvalue weighted by molar-refractivity contribution is 5.49. The molecular weight excluding hydrogens is 294 g/mol. The minimum atomic E-state index is 0.227. The molecule has 7 heteroatoms. The molecule has 0 spiro atoms. The van der Waals surface area contributed by atoms with Crippen LogP contribution in [0, 0.1) is 6.92 Å². The van der Waals surface area contributed by atoms with Gasteiger partial charge in [0.05, 0.1) is 23.8 Å². The van der Waals surface area contributed by atoms with Crippen molar-refractivity contribution < 1.29 is 8.94 Å². The smallest absolute Gasteiger partial charge is 0.249 e. The quantitative estimate of drug-likeness (QED) is 0.732. The zero-order valence-electron chi connectivity index (χ0n) is 12.8. The zero-order chi connectivity index (χ0) is 15.6. The van der Waals surface area contributed by atoms with Crippen LogP contribution in [0.4, 0.5) is 0 Å². The summed E-state index contributed by atoms with van der Waals surface area (Å²) in [6, 6.07) is 5.98. The number of aryl methyl sites for hydroxylation is 1. The Kier molecular flexibility index (Phi) is 3.63. The molecule has 0 amide bonds. The largest absolute Gasteiger partial charge is 0.419 e. The third kappa shape index (κ3) is 2.87. The molecule has 1 aliphatic rings. The van der Waals surface area contributed by atoms with Crippen LogP contribution >= 0.6 is 0 Å². The number of aromatic nitrogens is 4. The molecule has 4 heterocycles. The lowest BCUT2D eigenvalue weighted by Gasteiger charge is -2.19. The van der Waals surface area contributed by atoms with Crippen molar-refractivity contribution in [1.82, 2.24) is 25.2 Å². The van der Waals surface area contributed by atoms with Gasteiger partial charge in [-0.15, -0.1) is 10.2 Å². The molecule has 3 aromatic heterocycles. The zero-order valence-corrected chi connectivity index (χ0v) is 12.8. The normalized spacial score (nSPS) is 18.6. The predicted octanol–water partition coefficient (Wildman–Crippen LogP) is 2.77. The lowest BCUT2D eigenvalue weighted by atomic mass is 10.1. The highest BCUT2D eigenvalue weighted by atomic mass is 16.5. The number of pyridine rings is 1. The molecule has 1 saturated heterocycles. The monoisotopic (exact) mass is 311 g/mol. The van der Waals surface area contributed by atoms with Crippen LogP contribution in [0.1, 0.15) is 36.2 Å². The standard InChI is InChI=1S/C16H17N5O2/c1-11-8-14(23-20-11)13-5-3-7-21(13)10-15-18-19-16(22-15)12-4-2-6-17-9-12/h2,4,6,8-9,13H,3,5,7,10H2,1H3/t13-/m0/s1. The maximum Gasteiger partial charge on any atom is 0.249 e. The van der Waals surface area contributed by atoms with Gasteiger partial charge in [-0.05, 0) is 38.4 Å². The molecular formula is C16H17N5O2. The first-order chi connectivity index (χ1) is 11.3. The van der Waals surface area contributed by atoms with Gasteiger partial charge in [-0.1, -0.05) is 5.16 Å². The average Bonchev–Trinajstić information content (AvgIpc) is 3.29. The summed E-state index contributed by atoms with van der Waals surface area (Å²) in [5.74, 6) is 2.01. The Hall–Kier alpha value is -2.54. The first-order valence-corrected chi connectivity index (χ1v) is 7.69. The van der Waals surface area contributed by atoms with Gasteiger partial charge in [-0.25, -0.2) is 0 Å². The van der Waals surface area contributed by atoms with Gasteiger partial charge in [0.15, 0.2) is 5.76 Å². The summed E-state index contributed by atoms with van der Waals surface area (Å²) >= 11 is 0. The predicted molar refractivity (Wildman–Crippen MR) is 81.2 cm³/mol. The summed E-state index contributed by atoms with van der Waals surface area (Å²) in [6.45, 7) is 3.52. The first-order valence-electron chi connectivity index (χ1n) is 7.69. The highest BCUT2D eigenvalue weighted by Gasteiger charge is 2.30. The maximum atomic E-state index is 5.77. The van der Waals surface area contributed by atoms with Gasteiger partial charge < -0.3 is 8.94 Å². The molecule has 23 heavy (non-hydrogen) atoms. The number of rotatable bonds is 4. The Morgan fingerprint density at radius 3 is 3.09 bits per heavy atom. The molecule has 4 rings (SSSR count). The summed E-state index contributed by atoms with van der Waals surface area (Å²) in [7, 11) is 0. The summed E-state index contributed by atoms with van der Waals surface area (Å²) in [6.07, 6.45) is 5.61. The van der Waals surface area contributed by atoms with E-state index >= 15 is 0 Å². The summed E-state index contributed by atoms with van der Waals surface area (Å²) < 4.78 is 11.2. The van der Waals surface area contributed by atoms with E-state index < -0.39 is 0 Å². The second-order valence-corrected chi connectivity index (χ2v) is 5.74. The van der Waals surface area contributed by atoms with E-state index in [4.69, 9.17) is 8.94 Å². The topological polar surface area (TPSA) is 81.1 Å². The lowest BCUT2D eigenvalue weighted by Crippen LogP contribution is -2.22. The number of hydrogen-bond donors (Lipinski definition) is 0. The lowest BCUT2D eigenvalue weighted by molar-refractivity contribution is 0.190. The van der Waals surface area contributed by atoms with Gasteiger partial charge in [0, 0.05) is 18.5 Å². The van der Waals surface area contributed by atoms with Gasteiger partial charge in [0.2, 0.25) is 11.8 Å². The van der Waals surface area contributed by atoms with Gasteiger partial charge in [-0.2, -0.15) is 0 Å². The molecule has 0 unspecified atom stereocenters.